The van der Waals surface area contributed by atoms with Gasteiger partial charge in [-0.25, -0.2) is 9.79 Å². The molecule has 1 aromatic carbocycles. The Morgan fingerprint density at radius 3 is 2.74 bits per heavy atom. The summed E-state index contributed by atoms with van der Waals surface area (Å²) in [6.07, 6.45) is 2.37. The highest BCUT2D eigenvalue weighted by Gasteiger charge is 2.51. The summed E-state index contributed by atoms with van der Waals surface area (Å²) in [5, 5.41) is 5.79. The first-order chi connectivity index (χ1) is 13.0. The third-order valence-electron chi connectivity index (χ3n) is 5.00. The topological polar surface area (TPSA) is 80.3 Å². The van der Waals surface area contributed by atoms with E-state index in [0.29, 0.717) is 0 Å². The summed E-state index contributed by atoms with van der Waals surface area (Å²) >= 11 is 3.43. The number of rotatable bonds is 5. The molecule has 1 aromatic rings. The van der Waals surface area contributed by atoms with Crippen molar-refractivity contribution < 1.29 is 9.59 Å². The van der Waals surface area contributed by atoms with Crippen LogP contribution in [0.4, 0.5) is 10.5 Å². The summed E-state index contributed by atoms with van der Waals surface area (Å²) in [7, 11) is 1.66. The fourth-order valence-corrected chi connectivity index (χ4v) is 3.83. The largest absolute Gasteiger partial charge is 0.385 e. The molecule has 0 aromatic heterocycles. The van der Waals surface area contributed by atoms with Crippen LogP contribution < -0.4 is 10.6 Å². The highest BCUT2D eigenvalue weighted by atomic mass is 79.9. The quantitative estimate of drug-likeness (QED) is 0.695. The van der Waals surface area contributed by atoms with Crippen LogP contribution >= 0.6 is 15.9 Å². The molecule has 1 fully saturated rings. The van der Waals surface area contributed by atoms with Crippen molar-refractivity contribution in [2.75, 3.05) is 25.5 Å². The van der Waals surface area contributed by atoms with Crippen LogP contribution in [0.5, 0.6) is 0 Å². The van der Waals surface area contributed by atoms with Crippen LogP contribution in [0.1, 0.15) is 13.3 Å². The minimum absolute atomic E-state index is 0.301. The number of allylic oxidation sites excluding steroid dienone is 1. The van der Waals surface area contributed by atoms with E-state index in [1.165, 1.54) is 4.90 Å². The molecule has 0 spiro atoms. The van der Waals surface area contributed by atoms with Crippen LogP contribution in [0.15, 0.2) is 45.6 Å². The number of hydrogen-bond acceptors (Lipinski definition) is 6. The Morgan fingerprint density at radius 2 is 2.00 bits per heavy atom. The molecule has 0 radical (unpaired) electrons. The van der Waals surface area contributed by atoms with Gasteiger partial charge in [-0.1, -0.05) is 15.9 Å². The number of halogens is 1. The van der Waals surface area contributed by atoms with Crippen molar-refractivity contribution in [3.8, 4) is 0 Å². The SMILES string of the molecule is CC1=CN2C(=NC3C2C(=O)NC(=O)N3C)N1CCCNc1ccc(Br)cc1. The maximum absolute atomic E-state index is 12.3. The molecule has 3 aliphatic heterocycles. The zero-order valence-electron chi connectivity index (χ0n) is 15.1. The second kappa shape index (κ2) is 6.88. The third kappa shape index (κ3) is 3.16. The Kier molecular flexibility index (Phi) is 4.55. The maximum Gasteiger partial charge on any atom is 0.325 e. The Labute approximate surface area is 166 Å². The Hall–Kier alpha value is -2.55. The van der Waals surface area contributed by atoms with E-state index < -0.39 is 18.2 Å². The van der Waals surface area contributed by atoms with E-state index in [4.69, 9.17) is 0 Å². The average molecular weight is 433 g/mol. The average Bonchev–Trinajstić information content (AvgIpc) is 3.14. The number of benzene rings is 1. The number of guanidine groups is 1. The number of hydrogen-bond donors (Lipinski definition) is 2. The number of aliphatic imine (C=N–C) groups is 1. The van der Waals surface area contributed by atoms with E-state index in [1.54, 1.807) is 7.05 Å². The highest BCUT2D eigenvalue weighted by Crippen LogP contribution is 2.31. The normalized spacial score (nSPS) is 23.7. The van der Waals surface area contributed by atoms with Crippen LogP contribution in [-0.2, 0) is 4.79 Å². The molecule has 3 heterocycles. The number of likely N-dealkylation sites (N-methyl/N-ethyl adjacent to an activating group) is 1. The first kappa shape index (κ1) is 17.8. The lowest BCUT2D eigenvalue weighted by Gasteiger charge is -2.34. The van der Waals surface area contributed by atoms with Crippen LogP contribution in [0, 0.1) is 0 Å². The number of carbonyl (C=O) groups excluding carboxylic acids is 2. The maximum atomic E-state index is 12.3. The monoisotopic (exact) mass is 432 g/mol. The van der Waals surface area contributed by atoms with Crippen LogP contribution in [-0.4, -0.2) is 64.9 Å². The molecule has 0 saturated carbocycles. The fraction of sp³-hybridized carbons (Fsp3) is 0.389. The Bertz CT molecular complexity index is 837. The molecule has 2 atom stereocenters. The number of nitrogens with zero attached hydrogens (tertiary/aromatic N) is 4. The van der Waals surface area contributed by atoms with Gasteiger partial charge in [-0.3, -0.25) is 10.1 Å². The molecule has 2 unspecified atom stereocenters. The van der Waals surface area contributed by atoms with Gasteiger partial charge in [0.2, 0.25) is 5.96 Å². The highest BCUT2D eigenvalue weighted by molar-refractivity contribution is 9.10. The summed E-state index contributed by atoms with van der Waals surface area (Å²) in [6.45, 7) is 3.61. The Morgan fingerprint density at radius 1 is 1.26 bits per heavy atom. The second-order valence-corrected chi connectivity index (χ2v) is 7.73. The molecule has 3 amide bonds. The lowest BCUT2D eigenvalue weighted by atomic mass is 10.1. The van der Waals surface area contributed by atoms with Gasteiger partial charge in [-0.2, -0.15) is 0 Å². The summed E-state index contributed by atoms with van der Waals surface area (Å²) in [6, 6.07) is 7.17. The van der Waals surface area contributed by atoms with Gasteiger partial charge in [-0.05, 0) is 37.6 Å². The van der Waals surface area contributed by atoms with Crippen molar-refractivity contribution in [2.45, 2.75) is 25.6 Å². The number of carbonyl (C=O) groups is 2. The number of anilines is 1. The molecule has 1 saturated heterocycles. The number of urea groups is 1. The molecular weight excluding hydrogens is 412 g/mol. The molecular formula is C18H21BrN6O2. The smallest absolute Gasteiger partial charge is 0.325 e. The first-order valence-electron chi connectivity index (χ1n) is 8.85. The molecule has 9 heteroatoms. The van der Waals surface area contributed by atoms with Gasteiger partial charge >= 0.3 is 6.03 Å². The van der Waals surface area contributed by atoms with Gasteiger partial charge in [0.05, 0.1) is 0 Å². The zero-order valence-corrected chi connectivity index (χ0v) is 16.7. The molecule has 8 nitrogen and oxygen atoms in total. The van der Waals surface area contributed by atoms with Gasteiger partial charge < -0.3 is 20.0 Å². The number of imide groups is 1. The van der Waals surface area contributed by atoms with Gasteiger partial charge in [0.25, 0.3) is 5.91 Å². The summed E-state index contributed by atoms with van der Waals surface area (Å²) in [4.78, 5) is 34.3. The third-order valence-corrected chi connectivity index (χ3v) is 5.53. The van der Waals surface area contributed by atoms with E-state index >= 15 is 0 Å². The second-order valence-electron chi connectivity index (χ2n) is 6.81. The van der Waals surface area contributed by atoms with E-state index in [9.17, 15) is 9.59 Å². The first-order valence-corrected chi connectivity index (χ1v) is 9.64. The summed E-state index contributed by atoms with van der Waals surface area (Å²) in [5.41, 5.74) is 2.12. The van der Waals surface area contributed by atoms with Gasteiger partial charge in [0, 0.05) is 42.2 Å². The van der Waals surface area contributed by atoms with Crippen LogP contribution in [0.3, 0.4) is 0 Å². The molecule has 142 valence electrons. The fourth-order valence-electron chi connectivity index (χ4n) is 3.56. The molecule has 3 aliphatic rings. The van der Waals surface area contributed by atoms with E-state index in [2.05, 4.69) is 36.5 Å². The molecule has 4 rings (SSSR count). The summed E-state index contributed by atoms with van der Waals surface area (Å²) in [5.74, 6) is 0.437. The minimum atomic E-state index is -0.497. The van der Waals surface area contributed by atoms with Crippen molar-refractivity contribution in [1.82, 2.24) is 20.0 Å². The zero-order chi connectivity index (χ0) is 19.1. The van der Waals surface area contributed by atoms with E-state index in [-0.39, 0.29) is 5.91 Å². The van der Waals surface area contributed by atoms with E-state index in [1.807, 2.05) is 42.3 Å². The molecule has 2 N–H and O–H groups in total. The number of fused-ring (bicyclic) bond motifs is 3. The van der Waals surface area contributed by atoms with Crippen molar-refractivity contribution in [2.24, 2.45) is 4.99 Å². The molecule has 0 bridgehead atoms. The van der Waals surface area contributed by atoms with Crippen molar-refractivity contribution in [3.05, 3.63) is 40.6 Å². The lowest BCUT2D eigenvalue weighted by Crippen LogP contribution is -2.62. The number of amides is 3. The molecule has 0 aliphatic carbocycles. The predicted molar refractivity (Wildman–Crippen MR) is 106 cm³/mol. The standard InChI is InChI=1S/C18H21BrN6O2/c1-11-10-25-14-15(23(2)18(27)22-16(14)26)21-17(25)24(11)9-3-8-20-13-6-4-12(19)5-7-13/h4-7,10,14-15,20H,3,8-9H2,1-2H3,(H,22,26,27). The Balaban J connectivity index is 1.39. The summed E-state index contributed by atoms with van der Waals surface area (Å²) < 4.78 is 1.05. The van der Waals surface area contributed by atoms with Crippen LogP contribution in [0.2, 0.25) is 0 Å². The molecule has 27 heavy (non-hydrogen) atoms. The van der Waals surface area contributed by atoms with Crippen molar-refractivity contribution in [3.63, 3.8) is 0 Å². The minimum Gasteiger partial charge on any atom is -0.385 e. The van der Waals surface area contributed by atoms with Crippen molar-refractivity contribution in [1.29, 1.82) is 0 Å². The van der Waals surface area contributed by atoms with Crippen LogP contribution in [0.25, 0.3) is 0 Å². The number of nitrogens with one attached hydrogen (secondary N) is 2. The van der Waals surface area contributed by atoms with E-state index in [0.717, 1.165) is 41.3 Å². The lowest BCUT2D eigenvalue weighted by molar-refractivity contribution is -0.126. The van der Waals surface area contributed by atoms with Gasteiger partial charge in [0.1, 0.15) is 0 Å². The van der Waals surface area contributed by atoms with Gasteiger partial charge in [-0.15, -0.1) is 0 Å². The predicted octanol–water partition coefficient (Wildman–Crippen LogP) is 1.98. The van der Waals surface area contributed by atoms with Gasteiger partial charge in [0.15, 0.2) is 12.2 Å². The van der Waals surface area contributed by atoms with Crippen molar-refractivity contribution >= 4 is 39.5 Å².